The summed E-state index contributed by atoms with van der Waals surface area (Å²) in [7, 11) is 0. The number of nitrogens with zero attached hydrogens (tertiary/aromatic N) is 4. The minimum Gasteiger partial charge on any atom is -0.265 e. The van der Waals surface area contributed by atoms with Crippen LogP contribution in [0.15, 0.2) is 98.1 Å². The Labute approximate surface area is 154 Å². The smallest absolute Gasteiger partial charge is 0.0273 e. The molecule has 0 aliphatic rings. The number of hydrogen-bond donors (Lipinski definition) is 0. The predicted octanol–water partition coefficient (Wildman–Crippen LogP) is 4.40. The zero-order chi connectivity index (χ0) is 16.5. The molecule has 4 aromatic rings. The molecule has 5 heteroatoms. The fourth-order valence-corrected chi connectivity index (χ4v) is 2.18. The lowest BCUT2D eigenvalue weighted by atomic mass is 10.1. The molecule has 0 aromatic carbocycles. The summed E-state index contributed by atoms with van der Waals surface area (Å²) in [6, 6.07) is 15.9. The van der Waals surface area contributed by atoms with E-state index in [0.29, 0.717) is 0 Å². The van der Waals surface area contributed by atoms with Gasteiger partial charge in [0.25, 0.3) is 0 Å². The Balaban J connectivity index is 0.000000173. The lowest BCUT2D eigenvalue weighted by molar-refractivity contribution is 1.31. The fourth-order valence-electron chi connectivity index (χ4n) is 2.18. The first-order valence-electron chi connectivity index (χ1n) is 7.54. The van der Waals surface area contributed by atoms with Crippen molar-refractivity contribution >= 4 is 13.5 Å². The summed E-state index contributed by atoms with van der Waals surface area (Å²) in [5, 5.41) is 0. The first-order valence-corrected chi connectivity index (χ1v) is 7.54. The highest BCUT2D eigenvalue weighted by atomic mass is 32.1. The van der Waals surface area contributed by atoms with E-state index >= 15 is 0 Å². The molecule has 0 atom stereocenters. The van der Waals surface area contributed by atoms with Crippen molar-refractivity contribution in [1.82, 2.24) is 19.9 Å². The quantitative estimate of drug-likeness (QED) is 0.540. The van der Waals surface area contributed by atoms with Crippen LogP contribution >= 0.6 is 13.5 Å². The van der Waals surface area contributed by atoms with E-state index in [1.54, 1.807) is 49.6 Å². The molecule has 0 saturated heterocycles. The van der Waals surface area contributed by atoms with Crippen molar-refractivity contribution in [3.05, 3.63) is 98.1 Å². The maximum Gasteiger partial charge on any atom is 0.0273 e. The molecule has 0 unspecified atom stereocenters. The van der Waals surface area contributed by atoms with Crippen LogP contribution in [0.25, 0.3) is 22.3 Å². The molecule has 4 heterocycles. The first kappa shape index (κ1) is 18.3. The van der Waals surface area contributed by atoms with Crippen molar-refractivity contribution in [3.8, 4) is 22.3 Å². The Kier molecular flexibility index (Phi) is 7.28. The van der Waals surface area contributed by atoms with Gasteiger partial charge in [0.2, 0.25) is 0 Å². The van der Waals surface area contributed by atoms with Crippen LogP contribution < -0.4 is 0 Å². The summed E-state index contributed by atoms with van der Waals surface area (Å²) >= 11 is 0. The van der Waals surface area contributed by atoms with Gasteiger partial charge in [-0.3, -0.25) is 19.9 Å². The molecular weight excluding hydrogens is 328 g/mol. The molecule has 0 aliphatic heterocycles. The Morgan fingerprint density at radius 2 is 0.480 bits per heavy atom. The average Bonchev–Trinajstić information content (AvgIpc) is 2.71. The Morgan fingerprint density at radius 3 is 0.640 bits per heavy atom. The van der Waals surface area contributed by atoms with Gasteiger partial charge in [0, 0.05) is 49.6 Å². The summed E-state index contributed by atoms with van der Waals surface area (Å²) in [5.74, 6) is 0. The Hall–Kier alpha value is -3.05. The van der Waals surface area contributed by atoms with Gasteiger partial charge in [-0.2, -0.15) is 13.5 Å². The zero-order valence-corrected chi connectivity index (χ0v) is 14.5. The third kappa shape index (κ3) is 5.51. The van der Waals surface area contributed by atoms with E-state index in [1.807, 2.05) is 48.5 Å². The van der Waals surface area contributed by atoms with Gasteiger partial charge in [-0.25, -0.2) is 0 Å². The minimum atomic E-state index is 0. The number of hydrogen-bond acceptors (Lipinski definition) is 4. The van der Waals surface area contributed by atoms with Crippen molar-refractivity contribution in [3.63, 3.8) is 0 Å². The second-order valence-electron chi connectivity index (χ2n) is 4.94. The van der Waals surface area contributed by atoms with E-state index in [9.17, 15) is 0 Å². The lowest BCUT2D eigenvalue weighted by Gasteiger charge is -1.97. The number of pyridine rings is 4. The molecule has 4 aromatic heterocycles. The normalized spacial score (nSPS) is 9.28. The van der Waals surface area contributed by atoms with Crippen LogP contribution in [0.5, 0.6) is 0 Å². The summed E-state index contributed by atoms with van der Waals surface area (Å²) in [5.41, 5.74) is 4.69. The van der Waals surface area contributed by atoms with Gasteiger partial charge in [0.05, 0.1) is 0 Å². The maximum absolute atomic E-state index is 3.96. The highest BCUT2D eigenvalue weighted by molar-refractivity contribution is 7.59. The zero-order valence-electron chi connectivity index (χ0n) is 13.5. The second kappa shape index (κ2) is 9.95. The average molecular weight is 346 g/mol. The molecule has 0 bridgehead atoms. The van der Waals surface area contributed by atoms with Crippen molar-refractivity contribution in [2.24, 2.45) is 0 Å². The molecule has 0 saturated carbocycles. The number of rotatable bonds is 2. The monoisotopic (exact) mass is 346 g/mol. The van der Waals surface area contributed by atoms with Crippen LogP contribution in [0.4, 0.5) is 0 Å². The van der Waals surface area contributed by atoms with Crippen molar-refractivity contribution in [2.75, 3.05) is 0 Å². The topological polar surface area (TPSA) is 51.6 Å². The van der Waals surface area contributed by atoms with Crippen LogP contribution in [0.2, 0.25) is 0 Å². The van der Waals surface area contributed by atoms with Crippen molar-refractivity contribution in [2.45, 2.75) is 0 Å². The first-order chi connectivity index (χ1) is 11.9. The molecule has 0 amide bonds. The molecule has 0 aliphatic carbocycles. The van der Waals surface area contributed by atoms with E-state index in [-0.39, 0.29) is 13.5 Å². The molecule has 124 valence electrons. The Bertz CT molecular complexity index is 692. The fraction of sp³-hybridized carbons (Fsp3) is 0. The van der Waals surface area contributed by atoms with Gasteiger partial charge in [0.15, 0.2) is 0 Å². The summed E-state index contributed by atoms with van der Waals surface area (Å²) in [4.78, 5) is 15.8. The minimum absolute atomic E-state index is 0. The van der Waals surface area contributed by atoms with Crippen LogP contribution in [0.3, 0.4) is 0 Å². The van der Waals surface area contributed by atoms with E-state index < -0.39 is 0 Å². The van der Waals surface area contributed by atoms with E-state index in [0.717, 1.165) is 0 Å². The molecule has 4 nitrogen and oxygen atoms in total. The van der Waals surface area contributed by atoms with Crippen LogP contribution in [-0.4, -0.2) is 19.9 Å². The van der Waals surface area contributed by atoms with Gasteiger partial charge >= 0.3 is 0 Å². The van der Waals surface area contributed by atoms with Crippen molar-refractivity contribution < 1.29 is 0 Å². The lowest BCUT2D eigenvalue weighted by Crippen LogP contribution is -1.77. The molecule has 0 N–H and O–H groups in total. The van der Waals surface area contributed by atoms with Gasteiger partial charge in [-0.15, -0.1) is 0 Å². The van der Waals surface area contributed by atoms with E-state index in [1.165, 1.54) is 22.3 Å². The summed E-state index contributed by atoms with van der Waals surface area (Å²) in [6.45, 7) is 0. The number of aromatic nitrogens is 4. The highest BCUT2D eigenvalue weighted by Gasteiger charge is 1.93. The molecule has 0 spiro atoms. The largest absolute Gasteiger partial charge is 0.265 e. The van der Waals surface area contributed by atoms with Gasteiger partial charge < -0.3 is 0 Å². The van der Waals surface area contributed by atoms with Crippen LogP contribution in [0, 0.1) is 0 Å². The van der Waals surface area contributed by atoms with Gasteiger partial charge in [-0.1, -0.05) is 0 Å². The predicted molar refractivity (Wildman–Crippen MR) is 105 cm³/mol. The van der Waals surface area contributed by atoms with E-state index in [2.05, 4.69) is 19.9 Å². The SMILES string of the molecule is S.c1cc(-c2ccncc2)ccn1.c1cc(-c2ccncc2)ccn1. The van der Waals surface area contributed by atoms with Crippen molar-refractivity contribution in [1.29, 1.82) is 0 Å². The molecular formula is C20H18N4S. The third-order valence-corrected chi connectivity index (χ3v) is 3.39. The molecule has 0 fully saturated rings. The van der Waals surface area contributed by atoms with E-state index in [4.69, 9.17) is 0 Å². The van der Waals surface area contributed by atoms with Gasteiger partial charge in [-0.05, 0) is 70.8 Å². The highest BCUT2D eigenvalue weighted by Crippen LogP contribution is 2.16. The van der Waals surface area contributed by atoms with Crippen LogP contribution in [-0.2, 0) is 0 Å². The second-order valence-corrected chi connectivity index (χ2v) is 4.94. The molecule has 0 radical (unpaired) electrons. The standard InChI is InChI=1S/2C10H8N2.H2S/c2*1-5-11-6-2-9(1)10-3-7-12-8-4-10;/h2*1-8H;1H2. The maximum atomic E-state index is 3.96. The van der Waals surface area contributed by atoms with Crippen LogP contribution in [0.1, 0.15) is 0 Å². The third-order valence-electron chi connectivity index (χ3n) is 3.39. The summed E-state index contributed by atoms with van der Waals surface area (Å²) in [6.07, 6.45) is 14.3. The van der Waals surface area contributed by atoms with Gasteiger partial charge in [0.1, 0.15) is 0 Å². The summed E-state index contributed by atoms with van der Waals surface area (Å²) < 4.78 is 0. The molecule has 4 rings (SSSR count). The Morgan fingerprint density at radius 1 is 0.320 bits per heavy atom. The molecule has 25 heavy (non-hydrogen) atoms.